The summed E-state index contributed by atoms with van der Waals surface area (Å²) in [6.45, 7) is 1.69. The molecule has 0 aliphatic rings. The van der Waals surface area contributed by atoms with E-state index in [-0.39, 0.29) is 5.52 Å². The first-order valence-corrected chi connectivity index (χ1v) is 5.07. The summed E-state index contributed by atoms with van der Waals surface area (Å²) >= 11 is 0. The van der Waals surface area contributed by atoms with Crippen LogP contribution in [0.15, 0.2) is 0 Å². The molecule has 80 valence electrons. The van der Waals surface area contributed by atoms with Gasteiger partial charge < -0.3 is 0 Å². The van der Waals surface area contributed by atoms with Crippen molar-refractivity contribution < 1.29 is 4.79 Å². The molecule has 0 aromatic rings. The number of rotatable bonds is 0. The van der Waals surface area contributed by atoms with Crippen LogP contribution in [0.4, 0.5) is 0 Å². The van der Waals surface area contributed by atoms with Gasteiger partial charge in [-0.3, -0.25) is 4.79 Å². The zero-order valence-electron chi connectivity index (χ0n) is 9.49. The fourth-order valence-corrected chi connectivity index (χ4v) is 0.540. The van der Waals surface area contributed by atoms with Gasteiger partial charge in [-0.05, 0) is 83.9 Å². The van der Waals surface area contributed by atoms with E-state index in [0.29, 0.717) is 0 Å². The van der Waals surface area contributed by atoms with Crippen LogP contribution in [0.1, 0.15) is 6.92 Å². The highest BCUT2D eigenvalue weighted by Crippen LogP contribution is 1.77. The topological polar surface area (TPSA) is 17.1 Å². The summed E-state index contributed by atoms with van der Waals surface area (Å²) in [5, 5.41) is 0. The van der Waals surface area contributed by atoms with Gasteiger partial charge in [-0.15, -0.1) is 0 Å². The molecule has 0 aliphatic carbocycles. The molecule has 1 unspecified atom stereocenters. The predicted octanol–water partition coefficient (Wildman–Crippen LogP) is 0.432. The van der Waals surface area contributed by atoms with E-state index in [1.165, 1.54) is 0 Å². The van der Waals surface area contributed by atoms with E-state index in [0.717, 1.165) is 0 Å². The van der Waals surface area contributed by atoms with Gasteiger partial charge in [0, 0.05) is 0 Å². The lowest BCUT2D eigenvalue weighted by Crippen LogP contribution is -1.71. The van der Waals surface area contributed by atoms with Crippen molar-refractivity contribution in [3.05, 3.63) is 0 Å². The van der Waals surface area contributed by atoms with Crippen LogP contribution in [-0.2, 0) is 4.79 Å². The summed E-state index contributed by atoms with van der Waals surface area (Å²) in [4.78, 5) is 10.4. The van der Waals surface area contributed by atoms with Gasteiger partial charge in [-0.25, -0.2) is 0 Å². The Labute approximate surface area is 110 Å². The highest BCUT2D eigenvalue weighted by atomic mass is 31.0. The van der Waals surface area contributed by atoms with Crippen molar-refractivity contribution >= 4 is 14.8 Å². The molecule has 0 rings (SSSR count). The second-order valence-corrected chi connectivity index (χ2v) is 2.76. The zero-order chi connectivity index (χ0) is 13.5. The molecule has 1 nitrogen and oxygen atoms in total. The Morgan fingerprint density at radius 3 is 1.33 bits per heavy atom. The minimum atomic E-state index is -0.318. The molecule has 0 N–H and O–H groups in total. The predicted molar refractivity (Wildman–Crippen MR) is 74.8 cm³/mol. The molecule has 0 spiro atoms. The van der Waals surface area contributed by atoms with Crippen molar-refractivity contribution in [2.45, 2.75) is 6.92 Å². The summed E-state index contributed by atoms with van der Waals surface area (Å²) in [7, 11) is 1.93. The monoisotopic (exact) mass is 244 g/mol. The van der Waals surface area contributed by atoms with Crippen molar-refractivity contribution in [2.75, 3.05) is 0 Å². The van der Waals surface area contributed by atoms with Crippen LogP contribution in [0.2, 0.25) is 0 Å². The minimum Gasteiger partial charge on any atom is -0.280 e. The van der Waals surface area contributed by atoms with Gasteiger partial charge in [0.25, 0.3) is 0 Å². The molecule has 0 bridgehead atoms. The first-order valence-electron chi connectivity index (χ1n) is 4.49. The van der Waals surface area contributed by atoms with E-state index in [1.807, 2.05) is 9.24 Å². The summed E-state index contributed by atoms with van der Waals surface area (Å²) < 4.78 is 0. The van der Waals surface area contributed by atoms with Crippen molar-refractivity contribution in [1.82, 2.24) is 0 Å². The molecule has 0 radical (unpaired) electrons. The van der Waals surface area contributed by atoms with Crippen molar-refractivity contribution in [2.24, 2.45) is 0 Å². The summed E-state index contributed by atoms with van der Waals surface area (Å²) in [6.07, 6.45) is 0. The number of carbonyl (C=O) groups is 1. The van der Waals surface area contributed by atoms with Crippen LogP contribution in [0, 0.1) is 82.9 Å². The molecule has 0 saturated carbocycles. The Balaban J connectivity index is 4.30. The maximum absolute atomic E-state index is 10.4. The maximum atomic E-state index is 10.4. The van der Waals surface area contributed by atoms with Crippen LogP contribution < -0.4 is 0 Å². The van der Waals surface area contributed by atoms with Gasteiger partial charge in [-0.1, -0.05) is 15.2 Å². The largest absolute Gasteiger partial charge is 0.280 e. The number of carbonyl (C=O) groups excluding carboxylic acids is 1. The molecular formula is C16H5OP. The normalized spacial score (nSPS) is 4.56. The SMILES string of the molecule is CC#CC#CC#CC#CC#CC#CC#CC(=O)P. The van der Waals surface area contributed by atoms with E-state index in [9.17, 15) is 4.79 Å². The molecule has 18 heavy (non-hydrogen) atoms. The van der Waals surface area contributed by atoms with Crippen LogP contribution in [-0.4, -0.2) is 5.52 Å². The van der Waals surface area contributed by atoms with E-state index in [2.05, 4.69) is 82.9 Å². The summed E-state index contributed by atoms with van der Waals surface area (Å²) in [6, 6.07) is 0. The lowest BCUT2D eigenvalue weighted by atomic mass is 10.5. The molecule has 0 heterocycles. The third-order valence-corrected chi connectivity index (χ3v) is 1.14. The van der Waals surface area contributed by atoms with Crippen LogP contribution >= 0.6 is 9.24 Å². The lowest BCUT2D eigenvalue weighted by molar-refractivity contribution is -0.106. The molecule has 0 aromatic heterocycles. The molecule has 0 aliphatic heterocycles. The molecule has 0 aromatic carbocycles. The smallest absolute Gasteiger partial charge is 0.221 e. The van der Waals surface area contributed by atoms with Gasteiger partial charge in [0.05, 0.1) is 0 Å². The molecule has 0 saturated heterocycles. The second-order valence-electron chi connectivity index (χ2n) is 2.24. The molecular weight excluding hydrogens is 239 g/mol. The van der Waals surface area contributed by atoms with Gasteiger partial charge in [0.2, 0.25) is 5.52 Å². The van der Waals surface area contributed by atoms with Gasteiger partial charge in [-0.2, -0.15) is 0 Å². The Morgan fingerprint density at radius 2 is 1.00 bits per heavy atom. The second kappa shape index (κ2) is 12.1. The van der Waals surface area contributed by atoms with Gasteiger partial charge >= 0.3 is 0 Å². The first-order chi connectivity index (χ1) is 8.77. The minimum absolute atomic E-state index is 0.318. The molecule has 1 atom stereocenters. The quantitative estimate of drug-likeness (QED) is 0.446. The highest BCUT2D eigenvalue weighted by molar-refractivity contribution is 7.41. The fourth-order valence-electron chi connectivity index (χ4n) is 0.468. The summed E-state index contributed by atoms with van der Waals surface area (Å²) in [5.41, 5.74) is -0.318. The van der Waals surface area contributed by atoms with E-state index >= 15 is 0 Å². The molecule has 0 fully saturated rings. The van der Waals surface area contributed by atoms with Crippen molar-refractivity contribution in [3.63, 3.8) is 0 Å². The molecule has 2 heteroatoms. The zero-order valence-corrected chi connectivity index (χ0v) is 10.6. The average Bonchev–Trinajstić information content (AvgIpc) is 2.34. The summed E-state index contributed by atoms with van der Waals surface area (Å²) in [5.74, 6) is 34.3. The Morgan fingerprint density at radius 1 is 0.667 bits per heavy atom. The van der Waals surface area contributed by atoms with Crippen LogP contribution in [0.5, 0.6) is 0 Å². The average molecular weight is 244 g/mol. The number of hydrogen-bond donors (Lipinski definition) is 0. The van der Waals surface area contributed by atoms with Crippen LogP contribution in [0.3, 0.4) is 0 Å². The van der Waals surface area contributed by atoms with Gasteiger partial charge in [0.15, 0.2) is 0 Å². The fraction of sp³-hybridized carbons (Fsp3) is 0.0625. The van der Waals surface area contributed by atoms with Crippen LogP contribution in [0.25, 0.3) is 0 Å². The van der Waals surface area contributed by atoms with Gasteiger partial charge in [0.1, 0.15) is 0 Å². The lowest BCUT2D eigenvalue weighted by Gasteiger charge is -1.62. The first kappa shape index (κ1) is 15.0. The van der Waals surface area contributed by atoms with E-state index in [4.69, 9.17) is 0 Å². The van der Waals surface area contributed by atoms with Crippen molar-refractivity contribution in [1.29, 1.82) is 0 Å². The van der Waals surface area contributed by atoms with E-state index in [1.54, 1.807) is 6.92 Å². The van der Waals surface area contributed by atoms with Crippen molar-refractivity contribution in [3.8, 4) is 82.9 Å². The number of hydrogen-bond acceptors (Lipinski definition) is 1. The third kappa shape index (κ3) is 13.0. The molecule has 0 amide bonds. The van der Waals surface area contributed by atoms with E-state index < -0.39 is 0 Å². The Bertz CT molecular complexity index is 750. The highest BCUT2D eigenvalue weighted by Gasteiger charge is 1.74. The Hall–Kier alpha value is -2.98. The third-order valence-electron chi connectivity index (χ3n) is 0.998. The standard InChI is InChI=1S/C16H5OP/c1-2-3-4-5-6-7-8-9-10-11-12-13-14-15-16(17)18/h18H2,1H3. The Kier molecular flexibility index (Phi) is 10.1. The maximum Gasteiger partial charge on any atom is 0.221 e.